The van der Waals surface area contributed by atoms with E-state index in [9.17, 15) is 4.79 Å². The molecule has 0 spiro atoms. The number of aromatic nitrogens is 5. The van der Waals surface area contributed by atoms with Crippen LogP contribution < -0.4 is 10.1 Å². The van der Waals surface area contributed by atoms with E-state index in [1.165, 1.54) is 7.11 Å². The number of halogens is 1. The van der Waals surface area contributed by atoms with Crippen molar-refractivity contribution in [3.8, 4) is 5.88 Å². The van der Waals surface area contributed by atoms with Crippen LogP contribution in [-0.2, 0) is 0 Å². The smallest absolute Gasteiger partial charge is 0.285 e. The van der Waals surface area contributed by atoms with Crippen molar-refractivity contribution in [3.63, 3.8) is 0 Å². The van der Waals surface area contributed by atoms with Gasteiger partial charge in [-0.1, -0.05) is 22.9 Å². The minimum atomic E-state index is -0.384. The summed E-state index contributed by atoms with van der Waals surface area (Å²) < 4.78 is 6.99. The lowest BCUT2D eigenvalue weighted by atomic mass is 10.4. The highest BCUT2D eigenvalue weighted by atomic mass is 35.5. The fourth-order valence-corrected chi connectivity index (χ4v) is 3.38. The summed E-state index contributed by atoms with van der Waals surface area (Å²) in [5.74, 6) is 0.269. The summed E-state index contributed by atoms with van der Waals surface area (Å²) >= 11 is 7.02. The van der Waals surface area contributed by atoms with Gasteiger partial charge in [-0.15, -0.1) is 0 Å². The molecule has 0 saturated carbocycles. The Morgan fingerprint density at radius 3 is 2.88 bits per heavy atom. The zero-order chi connectivity index (χ0) is 17.6. The van der Waals surface area contributed by atoms with E-state index < -0.39 is 0 Å². The van der Waals surface area contributed by atoms with Gasteiger partial charge in [-0.3, -0.25) is 9.20 Å². The Hall–Kier alpha value is -2.78. The van der Waals surface area contributed by atoms with E-state index in [1.807, 2.05) is 13.1 Å². The molecule has 0 aliphatic heterocycles. The summed E-state index contributed by atoms with van der Waals surface area (Å²) in [5, 5.41) is 3.35. The first-order valence-corrected chi connectivity index (χ1v) is 8.38. The van der Waals surface area contributed by atoms with Crippen LogP contribution in [-0.4, -0.2) is 37.4 Å². The van der Waals surface area contributed by atoms with Crippen LogP contribution in [0.4, 0.5) is 5.82 Å². The molecule has 4 heterocycles. The minimum absolute atomic E-state index is 0.271. The average molecular weight is 375 g/mol. The van der Waals surface area contributed by atoms with Crippen LogP contribution in [0.3, 0.4) is 0 Å². The lowest BCUT2D eigenvalue weighted by Gasteiger charge is -2.06. The zero-order valence-corrected chi connectivity index (χ0v) is 14.7. The number of thiazole rings is 1. The number of fused-ring (bicyclic) bond motifs is 2. The van der Waals surface area contributed by atoms with Crippen LogP contribution in [0.5, 0.6) is 5.88 Å². The van der Waals surface area contributed by atoms with Crippen molar-refractivity contribution in [2.75, 3.05) is 12.4 Å². The quantitative estimate of drug-likeness (QED) is 0.554. The van der Waals surface area contributed by atoms with Crippen LogP contribution in [0.1, 0.15) is 15.5 Å². The second-order valence-electron chi connectivity index (χ2n) is 5.18. The summed E-state index contributed by atoms with van der Waals surface area (Å²) in [4.78, 5) is 30.1. The predicted molar refractivity (Wildman–Crippen MR) is 94.7 cm³/mol. The molecule has 4 rings (SSSR count). The van der Waals surface area contributed by atoms with Gasteiger partial charge in [0.25, 0.3) is 11.8 Å². The lowest BCUT2D eigenvalue weighted by molar-refractivity contribution is 0.102. The van der Waals surface area contributed by atoms with Crippen molar-refractivity contribution in [2.45, 2.75) is 6.92 Å². The first-order chi connectivity index (χ1) is 12.0. The number of methoxy groups -OCH3 is 1. The van der Waals surface area contributed by atoms with Crippen LogP contribution in [0.15, 0.2) is 24.5 Å². The van der Waals surface area contributed by atoms with Gasteiger partial charge in [0.15, 0.2) is 10.8 Å². The third kappa shape index (κ3) is 2.87. The zero-order valence-electron chi connectivity index (χ0n) is 13.1. The van der Waals surface area contributed by atoms with E-state index in [0.29, 0.717) is 32.8 Å². The number of carbonyl (C=O) groups is 1. The highest BCUT2D eigenvalue weighted by Crippen LogP contribution is 2.24. The molecule has 0 aliphatic rings. The standard InChI is InChI=1S/C15H11ClN6O2S/c1-7-5-22-6-10(21-13(24-2)11(22)17-7)20-12(23)15-18-8-3-4-9(16)19-14(8)25-15/h3-6H,1-2H3,(H,20,23). The van der Waals surface area contributed by atoms with Crippen LogP contribution in [0, 0.1) is 6.92 Å². The molecule has 0 radical (unpaired) electrons. The van der Waals surface area contributed by atoms with Gasteiger partial charge in [-0.25, -0.2) is 15.0 Å². The van der Waals surface area contributed by atoms with Crippen molar-refractivity contribution in [2.24, 2.45) is 0 Å². The van der Waals surface area contributed by atoms with Gasteiger partial charge in [0.1, 0.15) is 15.5 Å². The first-order valence-electron chi connectivity index (χ1n) is 7.18. The van der Waals surface area contributed by atoms with Gasteiger partial charge in [0.05, 0.1) is 19.0 Å². The number of amides is 1. The molecule has 0 aromatic carbocycles. The molecule has 0 atom stereocenters. The van der Waals surface area contributed by atoms with Crippen molar-refractivity contribution >= 4 is 50.7 Å². The van der Waals surface area contributed by atoms with Crippen LogP contribution in [0.2, 0.25) is 5.15 Å². The molecule has 0 aliphatic carbocycles. The van der Waals surface area contributed by atoms with Gasteiger partial charge in [-0.05, 0) is 19.1 Å². The number of aryl methyl sites for hydroxylation is 1. The number of nitrogens with one attached hydrogen (secondary N) is 1. The number of pyridine rings is 1. The van der Waals surface area contributed by atoms with Crippen LogP contribution in [0.25, 0.3) is 16.0 Å². The van der Waals surface area contributed by atoms with Crippen molar-refractivity contribution < 1.29 is 9.53 Å². The molecule has 1 amide bonds. The highest BCUT2D eigenvalue weighted by molar-refractivity contribution is 7.20. The number of nitrogens with zero attached hydrogens (tertiary/aromatic N) is 5. The maximum absolute atomic E-state index is 12.5. The summed E-state index contributed by atoms with van der Waals surface area (Å²) in [5.41, 5.74) is 2.01. The summed E-state index contributed by atoms with van der Waals surface area (Å²) in [6.07, 6.45) is 3.48. The summed E-state index contributed by atoms with van der Waals surface area (Å²) in [6.45, 7) is 1.87. The Balaban J connectivity index is 1.68. The average Bonchev–Trinajstić information content (AvgIpc) is 3.16. The second kappa shape index (κ2) is 5.94. The molecule has 8 nitrogen and oxygen atoms in total. The molecule has 10 heteroatoms. The molecule has 1 N–H and O–H groups in total. The fraction of sp³-hybridized carbons (Fsp3) is 0.133. The Morgan fingerprint density at radius 1 is 1.24 bits per heavy atom. The maximum Gasteiger partial charge on any atom is 0.285 e. The molecule has 4 aromatic heterocycles. The van der Waals surface area contributed by atoms with E-state index in [2.05, 4.69) is 25.3 Å². The molecule has 0 unspecified atom stereocenters. The number of ether oxygens (including phenoxy) is 1. The molecule has 0 saturated heterocycles. The lowest BCUT2D eigenvalue weighted by Crippen LogP contribution is -2.13. The van der Waals surface area contributed by atoms with Gasteiger partial charge in [0, 0.05) is 6.20 Å². The fourth-order valence-electron chi connectivity index (χ4n) is 2.35. The number of rotatable bonds is 3. The first kappa shape index (κ1) is 15.7. The number of hydrogen-bond acceptors (Lipinski definition) is 7. The van der Waals surface area contributed by atoms with E-state index in [0.717, 1.165) is 17.0 Å². The molecular formula is C15H11ClN6O2S. The molecule has 25 heavy (non-hydrogen) atoms. The Morgan fingerprint density at radius 2 is 2.08 bits per heavy atom. The van der Waals surface area contributed by atoms with Gasteiger partial charge < -0.3 is 10.1 Å². The van der Waals surface area contributed by atoms with Gasteiger partial charge in [0.2, 0.25) is 5.65 Å². The Kier molecular flexibility index (Phi) is 3.74. The molecular weight excluding hydrogens is 364 g/mol. The SMILES string of the molecule is COc1nc(NC(=O)c2nc3ccc(Cl)nc3s2)cn2cc(C)nc12. The summed E-state index contributed by atoms with van der Waals surface area (Å²) in [6, 6.07) is 3.35. The van der Waals surface area contributed by atoms with Gasteiger partial charge in [-0.2, -0.15) is 4.98 Å². The Bertz CT molecular complexity index is 1120. The van der Waals surface area contributed by atoms with Gasteiger partial charge >= 0.3 is 0 Å². The van der Waals surface area contributed by atoms with E-state index in [1.54, 1.807) is 22.7 Å². The molecule has 4 aromatic rings. The van der Waals surface area contributed by atoms with Crippen molar-refractivity contribution in [1.82, 2.24) is 24.3 Å². The molecule has 0 bridgehead atoms. The number of hydrogen-bond donors (Lipinski definition) is 1. The third-order valence-electron chi connectivity index (χ3n) is 3.38. The monoisotopic (exact) mass is 374 g/mol. The molecule has 0 fully saturated rings. The number of imidazole rings is 1. The minimum Gasteiger partial charge on any atom is -0.478 e. The number of anilines is 1. The third-order valence-corrected chi connectivity index (χ3v) is 4.55. The van der Waals surface area contributed by atoms with Crippen molar-refractivity contribution in [1.29, 1.82) is 0 Å². The number of carbonyl (C=O) groups excluding carboxylic acids is 1. The Labute approximate surface area is 150 Å². The molecule has 126 valence electrons. The maximum atomic E-state index is 12.5. The van der Waals surface area contributed by atoms with E-state index in [4.69, 9.17) is 16.3 Å². The van der Waals surface area contributed by atoms with E-state index >= 15 is 0 Å². The second-order valence-corrected chi connectivity index (χ2v) is 6.54. The summed E-state index contributed by atoms with van der Waals surface area (Å²) in [7, 11) is 1.50. The topological polar surface area (TPSA) is 94.3 Å². The van der Waals surface area contributed by atoms with E-state index in [-0.39, 0.29) is 10.9 Å². The van der Waals surface area contributed by atoms with Crippen LogP contribution >= 0.6 is 22.9 Å². The highest BCUT2D eigenvalue weighted by Gasteiger charge is 2.16. The van der Waals surface area contributed by atoms with Crippen molar-refractivity contribution in [3.05, 3.63) is 40.4 Å². The normalized spacial score (nSPS) is 11.2. The largest absolute Gasteiger partial charge is 0.478 e. The predicted octanol–water partition coefficient (Wildman–Crippen LogP) is 2.96.